The summed E-state index contributed by atoms with van der Waals surface area (Å²) >= 11 is 0. The lowest BCUT2D eigenvalue weighted by Crippen LogP contribution is -2.44. The van der Waals surface area contributed by atoms with Crippen LogP contribution in [0.25, 0.3) is 0 Å². The highest BCUT2D eigenvalue weighted by Gasteiger charge is 2.35. The van der Waals surface area contributed by atoms with Crippen molar-refractivity contribution in [1.29, 1.82) is 0 Å². The number of esters is 1. The number of methoxy groups -OCH3 is 1. The zero-order valence-electron chi connectivity index (χ0n) is 16.7. The molecule has 0 fully saturated rings. The normalized spacial score (nSPS) is 13.2. The average Bonchev–Trinajstić information content (AvgIpc) is 2.60. The predicted molar refractivity (Wildman–Crippen MR) is 102 cm³/mol. The molecule has 1 N–H and O–H groups in total. The fourth-order valence-electron chi connectivity index (χ4n) is 2.75. The third kappa shape index (κ3) is 6.02. The second-order valence-corrected chi connectivity index (χ2v) is 6.77. The third-order valence-electron chi connectivity index (χ3n) is 3.85. The van der Waals surface area contributed by atoms with Crippen LogP contribution in [0.2, 0.25) is 0 Å². The van der Waals surface area contributed by atoms with E-state index < -0.39 is 11.6 Å². The molecule has 0 aliphatic carbocycles. The second-order valence-electron chi connectivity index (χ2n) is 6.77. The van der Waals surface area contributed by atoms with Gasteiger partial charge in [-0.3, -0.25) is 4.79 Å². The maximum Gasteiger partial charge on any atom is 0.341 e. The summed E-state index contributed by atoms with van der Waals surface area (Å²) in [5.41, 5.74) is -0.171. The van der Waals surface area contributed by atoms with E-state index in [2.05, 4.69) is 5.32 Å². The molecule has 1 aromatic rings. The fourth-order valence-corrected chi connectivity index (χ4v) is 2.75. The van der Waals surface area contributed by atoms with Crippen molar-refractivity contribution >= 4 is 17.6 Å². The number of anilines is 1. The highest BCUT2D eigenvalue weighted by Crippen LogP contribution is 2.27. The smallest absolute Gasteiger partial charge is 0.341 e. The fraction of sp³-hybridized carbons (Fsp3) is 0.600. The molecule has 0 spiro atoms. The van der Waals surface area contributed by atoms with Crippen LogP contribution in [0.15, 0.2) is 18.2 Å². The van der Waals surface area contributed by atoms with Crippen LogP contribution in [0.3, 0.4) is 0 Å². The topological polar surface area (TPSA) is 73.9 Å². The van der Waals surface area contributed by atoms with Gasteiger partial charge in [-0.25, -0.2) is 4.79 Å². The molecule has 146 valence electrons. The van der Waals surface area contributed by atoms with Crippen LogP contribution in [-0.4, -0.2) is 37.8 Å². The molecule has 0 bridgehead atoms. The summed E-state index contributed by atoms with van der Waals surface area (Å²) in [7, 11) is 1.31. The number of hydrogen-bond acceptors (Lipinski definition) is 5. The third-order valence-corrected chi connectivity index (χ3v) is 3.85. The molecular weight excluding hydrogens is 334 g/mol. The molecule has 0 aromatic heterocycles. The highest BCUT2D eigenvalue weighted by atomic mass is 16.5. The van der Waals surface area contributed by atoms with E-state index >= 15 is 0 Å². The second kappa shape index (κ2) is 10.2. The Morgan fingerprint density at radius 3 is 2.46 bits per heavy atom. The SMILES string of the molecule is CCCOC(C)(CC(C)C)C(=O)Nc1ccc(OCC)c(C(=O)OC)c1. The lowest BCUT2D eigenvalue weighted by Gasteiger charge is -2.30. The molecule has 0 aliphatic rings. The van der Waals surface area contributed by atoms with E-state index in [1.54, 1.807) is 25.1 Å². The van der Waals surface area contributed by atoms with Crippen molar-refractivity contribution < 1.29 is 23.8 Å². The number of ether oxygens (including phenoxy) is 3. The Morgan fingerprint density at radius 2 is 1.92 bits per heavy atom. The number of benzene rings is 1. The molecule has 1 unspecified atom stereocenters. The lowest BCUT2D eigenvalue weighted by atomic mass is 9.93. The Kier molecular flexibility index (Phi) is 8.58. The Balaban J connectivity index is 3.07. The number of carbonyl (C=O) groups excluding carboxylic acids is 2. The summed E-state index contributed by atoms with van der Waals surface area (Å²) in [5.74, 6) is -0.0329. The summed E-state index contributed by atoms with van der Waals surface area (Å²) in [5, 5.41) is 2.86. The van der Waals surface area contributed by atoms with E-state index in [-0.39, 0.29) is 11.5 Å². The summed E-state index contributed by atoms with van der Waals surface area (Å²) in [6.45, 7) is 10.7. The van der Waals surface area contributed by atoms with E-state index in [4.69, 9.17) is 14.2 Å². The summed E-state index contributed by atoms with van der Waals surface area (Å²) in [6.07, 6.45) is 1.43. The van der Waals surface area contributed by atoms with Crippen molar-refractivity contribution in [2.45, 2.75) is 53.1 Å². The molecule has 0 aliphatic heterocycles. The molecule has 0 heterocycles. The standard InChI is InChI=1S/C20H31NO5/c1-7-11-26-20(5,13-14(3)4)19(23)21-15-9-10-17(25-8-2)16(12-15)18(22)24-6/h9-10,12,14H,7-8,11,13H2,1-6H3,(H,21,23). The average molecular weight is 365 g/mol. The van der Waals surface area contributed by atoms with Crippen LogP contribution in [0, 0.1) is 5.92 Å². The van der Waals surface area contributed by atoms with Crippen molar-refractivity contribution in [3.63, 3.8) is 0 Å². The highest BCUT2D eigenvalue weighted by molar-refractivity contribution is 5.99. The first-order valence-electron chi connectivity index (χ1n) is 9.07. The summed E-state index contributed by atoms with van der Waals surface area (Å²) in [6, 6.07) is 4.91. The van der Waals surface area contributed by atoms with Crippen LogP contribution >= 0.6 is 0 Å². The van der Waals surface area contributed by atoms with Gasteiger partial charge in [-0.2, -0.15) is 0 Å². The van der Waals surface area contributed by atoms with Crippen LogP contribution in [0.4, 0.5) is 5.69 Å². The monoisotopic (exact) mass is 365 g/mol. The molecule has 1 atom stereocenters. The van der Waals surface area contributed by atoms with E-state index in [0.29, 0.717) is 37.0 Å². The maximum atomic E-state index is 12.9. The minimum atomic E-state index is -0.936. The van der Waals surface area contributed by atoms with Gasteiger partial charge in [0.15, 0.2) is 0 Å². The van der Waals surface area contributed by atoms with Gasteiger partial charge in [-0.15, -0.1) is 0 Å². The Hall–Kier alpha value is -2.08. The van der Waals surface area contributed by atoms with Gasteiger partial charge in [0.05, 0.1) is 13.7 Å². The van der Waals surface area contributed by atoms with Crippen LogP contribution < -0.4 is 10.1 Å². The van der Waals surface area contributed by atoms with Crippen molar-refractivity contribution in [1.82, 2.24) is 0 Å². The van der Waals surface area contributed by atoms with Crippen LogP contribution in [-0.2, 0) is 14.3 Å². The Labute approximate surface area is 156 Å². The zero-order chi connectivity index (χ0) is 19.7. The summed E-state index contributed by atoms with van der Waals surface area (Å²) in [4.78, 5) is 24.8. The number of rotatable bonds is 10. The van der Waals surface area contributed by atoms with Gasteiger partial charge in [0.2, 0.25) is 0 Å². The molecule has 26 heavy (non-hydrogen) atoms. The van der Waals surface area contributed by atoms with Gasteiger partial charge in [-0.05, 0) is 50.8 Å². The van der Waals surface area contributed by atoms with Gasteiger partial charge < -0.3 is 19.5 Å². The number of amides is 1. The minimum absolute atomic E-state index is 0.236. The molecule has 0 saturated carbocycles. The van der Waals surface area contributed by atoms with Crippen molar-refractivity contribution in [3.8, 4) is 5.75 Å². The molecular formula is C20H31NO5. The Morgan fingerprint density at radius 1 is 1.23 bits per heavy atom. The number of hydrogen-bond donors (Lipinski definition) is 1. The van der Waals surface area contributed by atoms with E-state index in [1.165, 1.54) is 7.11 Å². The van der Waals surface area contributed by atoms with Crippen molar-refractivity contribution in [3.05, 3.63) is 23.8 Å². The first-order chi connectivity index (χ1) is 12.3. The number of carbonyl (C=O) groups is 2. The van der Waals surface area contributed by atoms with Gasteiger partial charge in [-0.1, -0.05) is 20.8 Å². The minimum Gasteiger partial charge on any atom is -0.493 e. The first-order valence-corrected chi connectivity index (χ1v) is 9.07. The largest absolute Gasteiger partial charge is 0.493 e. The van der Waals surface area contributed by atoms with Crippen LogP contribution in [0.5, 0.6) is 5.75 Å². The Bertz CT molecular complexity index is 614. The number of nitrogens with one attached hydrogen (secondary N) is 1. The summed E-state index contributed by atoms with van der Waals surface area (Å²) < 4.78 is 16.1. The first kappa shape index (κ1) is 22.0. The lowest BCUT2D eigenvalue weighted by molar-refractivity contribution is -0.141. The molecule has 1 rings (SSSR count). The molecule has 1 amide bonds. The zero-order valence-corrected chi connectivity index (χ0v) is 16.7. The van der Waals surface area contributed by atoms with Gasteiger partial charge in [0.1, 0.15) is 16.9 Å². The van der Waals surface area contributed by atoms with Gasteiger partial charge in [0.25, 0.3) is 5.91 Å². The quantitative estimate of drug-likeness (QED) is 0.633. The molecule has 0 radical (unpaired) electrons. The molecule has 6 nitrogen and oxygen atoms in total. The van der Waals surface area contributed by atoms with Crippen LogP contribution in [0.1, 0.15) is 57.8 Å². The van der Waals surface area contributed by atoms with Crippen molar-refractivity contribution in [2.24, 2.45) is 5.92 Å². The van der Waals surface area contributed by atoms with E-state index in [9.17, 15) is 9.59 Å². The predicted octanol–water partition coefficient (Wildman–Crippen LogP) is 4.04. The molecule has 6 heteroatoms. The van der Waals surface area contributed by atoms with E-state index in [1.807, 2.05) is 27.7 Å². The van der Waals surface area contributed by atoms with Crippen molar-refractivity contribution in [2.75, 3.05) is 25.6 Å². The van der Waals surface area contributed by atoms with Gasteiger partial charge >= 0.3 is 5.97 Å². The van der Waals surface area contributed by atoms with E-state index in [0.717, 1.165) is 6.42 Å². The maximum absolute atomic E-state index is 12.9. The molecule has 0 saturated heterocycles. The molecule has 1 aromatic carbocycles. The van der Waals surface area contributed by atoms with Gasteiger partial charge in [0, 0.05) is 12.3 Å².